The summed E-state index contributed by atoms with van der Waals surface area (Å²) in [6.45, 7) is 6.66. The standard InChI is InChI=1S/C16H26N2O2/c1-4-6-7-8-12(3)18-16(19)13-9-14(17)11-15(10-13)20-5-2/h9-12H,4-8,17H2,1-3H3,(H,18,19). The molecule has 1 aromatic rings. The third kappa shape index (κ3) is 5.51. The monoisotopic (exact) mass is 278 g/mol. The molecule has 0 heterocycles. The van der Waals surface area contributed by atoms with Crippen molar-refractivity contribution < 1.29 is 9.53 Å². The lowest BCUT2D eigenvalue weighted by molar-refractivity contribution is 0.0937. The van der Waals surface area contributed by atoms with E-state index in [4.69, 9.17) is 10.5 Å². The Balaban J connectivity index is 2.62. The number of hydrogen-bond acceptors (Lipinski definition) is 3. The van der Waals surface area contributed by atoms with Crippen LogP contribution in [0.3, 0.4) is 0 Å². The van der Waals surface area contributed by atoms with Crippen molar-refractivity contribution in [2.45, 2.75) is 52.5 Å². The van der Waals surface area contributed by atoms with E-state index in [9.17, 15) is 4.79 Å². The first-order valence-corrected chi connectivity index (χ1v) is 7.41. The minimum atomic E-state index is -0.0951. The van der Waals surface area contributed by atoms with Crippen molar-refractivity contribution in [3.05, 3.63) is 23.8 Å². The van der Waals surface area contributed by atoms with Crippen LogP contribution in [0.25, 0.3) is 0 Å². The molecule has 1 rings (SSSR count). The Bertz CT molecular complexity index is 432. The molecule has 0 bridgehead atoms. The maximum Gasteiger partial charge on any atom is 0.251 e. The van der Waals surface area contributed by atoms with Gasteiger partial charge in [0.25, 0.3) is 5.91 Å². The Morgan fingerprint density at radius 1 is 1.30 bits per heavy atom. The molecule has 1 atom stereocenters. The summed E-state index contributed by atoms with van der Waals surface area (Å²) in [6, 6.07) is 5.31. The van der Waals surface area contributed by atoms with E-state index in [1.165, 1.54) is 12.8 Å². The van der Waals surface area contributed by atoms with Crippen molar-refractivity contribution >= 4 is 11.6 Å². The van der Waals surface area contributed by atoms with E-state index in [1.54, 1.807) is 18.2 Å². The summed E-state index contributed by atoms with van der Waals surface area (Å²) in [5, 5.41) is 3.00. The maximum atomic E-state index is 12.2. The first-order chi connectivity index (χ1) is 9.56. The molecule has 0 aliphatic rings. The predicted molar refractivity (Wildman–Crippen MR) is 83.1 cm³/mol. The highest BCUT2D eigenvalue weighted by Gasteiger charge is 2.11. The minimum Gasteiger partial charge on any atom is -0.494 e. The van der Waals surface area contributed by atoms with E-state index in [2.05, 4.69) is 12.2 Å². The van der Waals surface area contributed by atoms with E-state index < -0.39 is 0 Å². The average Bonchev–Trinajstić information content (AvgIpc) is 2.38. The summed E-state index contributed by atoms with van der Waals surface area (Å²) >= 11 is 0. The average molecular weight is 278 g/mol. The first-order valence-electron chi connectivity index (χ1n) is 7.41. The first kappa shape index (κ1) is 16.3. The molecule has 0 spiro atoms. The van der Waals surface area contributed by atoms with Gasteiger partial charge in [0.05, 0.1) is 6.61 Å². The van der Waals surface area contributed by atoms with Crippen molar-refractivity contribution in [3.63, 3.8) is 0 Å². The summed E-state index contributed by atoms with van der Waals surface area (Å²) in [5.41, 5.74) is 6.89. The zero-order valence-corrected chi connectivity index (χ0v) is 12.7. The number of rotatable bonds is 8. The molecule has 1 unspecified atom stereocenters. The van der Waals surface area contributed by atoms with Crippen molar-refractivity contribution in [1.82, 2.24) is 5.32 Å². The normalized spacial score (nSPS) is 11.9. The molecule has 0 aromatic heterocycles. The van der Waals surface area contributed by atoms with Crippen LogP contribution in [-0.4, -0.2) is 18.6 Å². The highest BCUT2D eigenvalue weighted by atomic mass is 16.5. The third-order valence-electron chi connectivity index (χ3n) is 3.12. The van der Waals surface area contributed by atoms with Gasteiger partial charge in [0.2, 0.25) is 0 Å². The summed E-state index contributed by atoms with van der Waals surface area (Å²) in [4.78, 5) is 12.2. The second kappa shape index (κ2) is 8.46. The number of carbonyl (C=O) groups is 1. The molecule has 3 N–H and O–H groups in total. The predicted octanol–water partition coefficient (Wildman–Crippen LogP) is 3.37. The number of anilines is 1. The summed E-state index contributed by atoms with van der Waals surface area (Å²) in [5.74, 6) is 0.540. The number of hydrogen-bond donors (Lipinski definition) is 2. The molecule has 112 valence electrons. The Morgan fingerprint density at radius 2 is 2.05 bits per heavy atom. The second-order valence-corrected chi connectivity index (χ2v) is 5.09. The van der Waals surface area contributed by atoms with Crippen LogP contribution in [0.4, 0.5) is 5.69 Å². The number of benzene rings is 1. The van der Waals surface area contributed by atoms with Crippen molar-refractivity contribution in [2.24, 2.45) is 0 Å². The van der Waals surface area contributed by atoms with Crippen LogP contribution in [0.5, 0.6) is 5.75 Å². The highest BCUT2D eigenvalue weighted by molar-refractivity contribution is 5.95. The molecule has 1 amide bonds. The summed E-state index contributed by atoms with van der Waals surface area (Å²) in [6.07, 6.45) is 4.53. The summed E-state index contributed by atoms with van der Waals surface area (Å²) < 4.78 is 5.40. The fourth-order valence-corrected chi connectivity index (χ4v) is 2.08. The van der Waals surface area contributed by atoms with Gasteiger partial charge in [-0.25, -0.2) is 0 Å². The Kier molecular flexibility index (Phi) is 6.91. The number of unbranched alkanes of at least 4 members (excludes halogenated alkanes) is 2. The topological polar surface area (TPSA) is 64.4 Å². The van der Waals surface area contributed by atoms with Crippen LogP contribution >= 0.6 is 0 Å². The molecular formula is C16H26N2O2. The Labute approximate surface area is 121 Å². The van der Waals surface area contributed by atoms with Gasteiger partial charge in [-0.3, -0.25) is 4.79 Å². The maximum absolute atomic E-state index is 12.2. The summed E-state index contributed by atoms with van der Waals surface area (Å²) in [7, 11) is 0. The molecule has 20 heavy (non-hydrogen) atoms. The molecule has 0 aliphatic heterocycles. The van der Waals surface area contributed by atoms with Crippen molar-refractivity contribution in [1.29, 1.82) is 0 Å². The van der Waals surface area contributed by atoms with Gasteiger partial charge in [-0.1, -0.05) is 26.2 Å². The number of carbonyl (C=O) groups excluding carboxylic acids is 1. The molecular weight excluding hydrogens is 252 g/mol. The molecule has 0 fully saturated rings. The van der Waals surface area contributed by atoms with E-state index in [0.717, 1.165) is 12.8 Å². The second-order valence-electron chi connectivity index (χ2n) is 5.09. The number of nitrogens with one attached hydrogen (secondary N) is 1. The molecule has 1 aromatic carbocycles. The van der Waals surface area contributed by atoms with E-state index in [-0.39, 0.29) is 11.9 Å². The number of nitrogens with two attached hydrogens (primary N) is 1. The third-order valence-corrected chi connectivity index (χ3v) is 3.12. The number of ether oxygens (including phenoxy) is 1. The molecule has 4 nitrogen and oxygen atoms in total. The van der Waals surface area contributed by atoms with Crippen LogP contribution in [0.15, 0.2) is 18.2 Å². The van der Waals surface area contributed by atoms with Crippen LogP contribution in [0, 0.1) is 0 Å². The van der Waals surface area contributed by atoms with Gasteiger partial charge in [0, 0.05) is 23.4 Å². The fraction of sp³-hybridized carbons (Fsp3) is 0.562. The van der Waals surface area contributed by atoms with E-state index >= 15 is 0 Å². The van der Waals surface area contributed by atoms with Crippen LogP contribution < -0.4 is 15.8 Å². The largest absolute Gasteiger partial charge is 0.494 e. The van der Waals surface area contributed by atoms with Gasteiger partial charge in [-0.05, 0) is 32.4 Å². The lowest BCUT2D eigenvalue weighted by atomic mass is 10.1. The Hall–Kier alpha value is -1.71. The van der Waals surface area contributed by atoms with E-state index in [1.807, 2.05) is 13.8 Å². The minimum absolute atomic E-state index is 0.0951. The van der Waals surface area contributed by atoms with Crippen LogP contribution in [0.2, 0.25) is 0 Å². The van der Waals surface area contributed by atoms with Crippen molar-refractivity contribution in [3.8, 4) is 5.75 Å². The number of nitrogen functional groups attached to an aromatic ring is 1. The van der Waals surface area contributed by atoms with Gasteiger partial charge >= 0.3 is 0 Å². The van der Waals surface area contributed by atoms with Gasteiger partial charge in [0.1, 0.15) is 5.75 Å². The molecule has 0 aliphatic carbocycles. The zero-order valence-electron chi connectivity index (χ0n) is 12.7. The quantitative estimate of drug-likeness (QED) is 0.566. The van der Waals surface area contributed by atoms with Gasteiger partial charge in [0.15, 0.2) is 0 Å². The highest BCUT2D eigenvalue weighted by Crippen LogP contribution is 2.19. The Morgan fingerprint density at radius 3 is 2.70 bits per heavy atom. The number of amides is 1. The van der Waals surface area contributed by atoms with Crippen LogP contribution in [-0.2, 0) is 0 Å². The van der Waals surface area contributed by atoms with Gasteiger partial charge in [-0.15, -0.1) is 0 Å². The van der Waals surface area contributed by atoms with Crippen LogP contribution in [0.1, 0.15) is 56.8 Å². The lowest BCUT2D eigenvalue weighted by Gasteiger charge is -2.14. The SMILES string of the molecule is CCCCCC(C)NC(=O)c1cc(N)cc(OCC)c1. The molecule has 4 heteroatoms. The van der Waals surface area contributed by atoms with Gasteiger partial charge in [-0.2, -0.15) is 0 Å². The zero-order chi connectivity index (χ0) is 15.0. The molecule has 0 saturated heterocycles. The smallest absolute Gasteiger partial charge is 0.251 e. The van der Waals surface area contributed by atoms with Crippen molar-refractivity contribution in [2.75, 3.05) is 12.3 Å². The van der Waals surface area contributed by atoms with E-state index in [0.29, 0.717) is 23.6 Å². The molecule has 0 saturated carbocycles. The van der Waals surface area contributed by atoms with Gasteiger partial charge < -0.3 is 15.8 Å². The molecule has 0 radical (unpaired) electrons. The fourth-order valence-electron chi connectivity index (χ4n) is 2.08. The lowest BCUT2D eigenvalue weighted by Crippen LogP contribution is -2.32.